The lowest BCUT2D eigenvalue weighted by atomic mass is 10.1. The molecule has 0 N–H and O–H groups in total. The number of hydrogen-bond acceptors (Lipinski definition) is 6. The number of benzene rings is 1. The summed E-state index contributed by atoms with van der Waals surface area (Å²) in [5.41, 5.74) is 0.855. The van der Waals surface area contributed by atoms with Crippen LogP contribution in [0.2, 0.25) is 0 Å². The van der Waals surface area contributed by atoms with Gasteiger partial charge in [-0.05, 0) is 43.3 Å². The van der Waals surface area contributed by atoms with Crippen LogP contribution in [0, 0.1) is 0 Å². The Kier molecular flexibility index (Phi) is 5.27. The summed E-state index contributed by atoms with van der Waals surface area (Å²) in [6, 6.07) is 10.5. The van der Waals surface area contributed by atoms with Crippen molar-refractivity contribution in [2.45, 2.75) is 19.5 Å². The predicted octanol–water partition coefficient (Wildman–Crippen LogP) is 2.31. The lowest BCUT2D eigenvalue weighted by Crippen LogP contribution is -2.55. The highest BCUT2D eigenvalue weighted by molar-refractivity contribution is 5.97. The van der Waals surface area contributed by atoms with Crippen molar-refractivity contribution in [3.05, 3.63) is 47.9 Å². The van der Waals surface area contributed by atoms with Crippen LogP contribution in [-0.4, -0.2) is 50.1 Å². The molecule has 26 heavy (non-hydrogen) atoms. The van der Waals surface area contributed by atoms with Crippen LogP contribution in [0.4, 0.5) is 5.69 Å². The van der Waals surface area contributed by atoms with Crippen molar-refractivity contribution in [3.63, 3.8) is 0 Å². The maximum atomic E-state index is 12.8. The van der Waals surface area contributed by atoms with Gasteiger partial charge in [0.1, 0.15) is 11.5 Å². The highest BCUT2D eigenvalue weighted by Gasteiger charge is 2.32. The first-order valence-electron chi connectivity index (χ1n) is 8.40. The minimum absolute atomic E-state index is 0.0289. The molecule has 1 aromatic carbocycles. The van der Waals surface area contributed by atoms with Crippen LogP contribution in [0.3, 0.4) is 0 Å². The first-order chi connectivity index (χ1) is 12.5. The number of furan rings is 1. The molecule has 1 amide bonds. The number of nitrogens with zero attached hydrogens (tertiary/aromatic N) is 2. The maximum absolute atomic E-state index is 12.8. The van der Waals surface area contributed by atoms with E-state index in [0.717, 1.165) is 11.4 Å². The summed E-state index contributed by atoms with van der Waals surface area (Å²) in [7, 11) is 2.92. The molecule has 2 aromatic rings. The van der Waals surface area contributed by atoms with Gasteiger partial charge in [-0.2, -0.15) is 0 Å². The predicted molar refractivity (Wildman–Crippen MR) is 95.3 cm³/mol. The molecule has 0 bridgehead atoms. The van der Waals surface area contributed by atoms with Gasteiger partial charge in [-0.15, -0.1) is 0 Å². The quantitative estimate of drug-likeness (QED) is 0.764. The van der Waals surface area contributed by atoms with Gasteiger partial charge in [0.05, 0.1) is 26.8 Å². The number of esters is 1. The van der Waals surface area contributed by atoms with E-state index >= 15 is 0 Å². The van der Waals surface area contributed by atoms with Gasteiger partial charge < -0.3 is 18.8 Å². The summed E-state index contributed by atoms with van der Waals surface area (Å²) in [5.74, 6) is 1.07. The number of carbonyl (C=O) groups excluding carboxylic acids is 2. The molecule has 3 rings (SSSR count). The number of piperazine rings is 1. The molecule has 1 aliphatic rings. The van der Waals surface area contributed by atoms with Crippen molar-refractivity contribution in [1.29, 1.82) is 0 Å². The molecule has 7 nitrogen and oxygen atoms in total. The minimum atomic E-state index is -0.510. The monoisotopic (exact) mass is 358 g/mol. The Balaban J connectivity index is 1.67. The topological polar surface area (TPSA) is 72.2 Å². The van der Waals surface area contributed by atoms with Crippen LogP contribution in [0.25, 0.3) is 0 Å². The second-order valence-corrected chi connectivity index (χ2v) is 6.09. The SMILES string of the molecule is COC(=O)c1ccc(CN2CCN(c3ccc(OC)cc3)C(=O)[C@H]2C)o1. The molecule has 1 saturated heterocycles. The largest absolute Gasteiger partial charge is 0.497 e. The van der Waals surface area contributed by atoms with Crippen molar-refractivity contribution in [2.24, 2.45) is 0 Å². The first-order valence-corrected chi connectivity index (χ1v) is 8.40. The second-order valence-electron chi connectivity index (χ2n) is 6.09. The van der Waals surface area contributed by atoms with E-state index in [1.54, 1.807) is 24.1 Å². The number of methoxy groups -OCH3 is 2. The highest BCUT2D eigenvalue weighted by atomic mass is 16.5. The van der Waals surface area contributed by atoms with E-state index in [4.69, 9.17) is 9.15 Å². The molecule has 0 saturated carbocycles. The summed E-state index contributed by atoms with van der Waals surface area (Å²) in [4.78, 5) is 28.1. The van der Waals surface area contributed by atoms with Crippen LogP contribution in [0.1, 0.15) is 23.2 Å². The summed E-state index contributed by atoms with van der Waals surface area (Å²) in [5, 5.41) is 0. The van der Waals surface area contributed by atoms with Crippen molar-refractivity contribution < 1.29 is 23.5 Å². The third-order valence-corrected chi connectivity index (χ3v) is 4.57. The normalized spacial score (nSPS) is 18.0. The Morgan fingerprint density at radius 2 is 1.88 bits per heavy atom. The van der Waals surface area contributed by atoms with E-state index in [1.807, 2.05) is 36.1 Å². The molecular weight excluding hydrogens is 336 g/mol. The van der Waals surface area contributed by atoms with Gasteiger partial charge in [0, 0.05) is 18.8 Å². The summed E-state index contributed by atoms with van der Waals surface area (Å²) >= 11 is 0. The maximum Gasteiger partial charge on any atom is 0.373 e. The van der Waals surface area contributed by atoms with Gasteiger partial charge in [-0.25, -0.2) is 4.79 Å². The van der Waals surface area contributed by atoms with Gasteiger partial charge in [-0.3, -0.25) is 9.69 Å². The number of ether oxygens (including phenoxy) is 2. The first kappa shape index (κ1) is 18.0. The Bertz CT molecular complexity index is 783. The zero-order valence-electron chi connectivity index (χ0n) is 15.1. The van der Waals surface area contributed by atoms with E-state index in [9.17, 15) is 9.59 Å². The van der Waals surface area contributed by atoms with Crippen LogP contribution in [0.15, 0.2) is 40.8 Å². The van der Waals surface area contributed by atoms with Gasteiger partial charge >= 0.3 is 5.97 Å². The number of anilines is 1. The molecule has 1 fully saturated rings. The average molecular weight is 358 g/mol. The fourth-order valence-corrected chi connectivity index (χ4v) is 3.02. The number of rotatable bonds is 5. The zero-order valence-corrected chi connectivity index (χ0v) is 15.1. The Morgan fingerprint density at radius 1 is 1.15 bits per heavy atom. The van der Waals surface area contributed by atoms with Gasteiger partial charge in [-0.1, -0.05) is 0 Å². The van der Waals surface area contributed by atoms with E-state index in [0.29, 0.717) is 25.4 Å². The van der Waals surface area contributed by atoms with Crippen LogP contribution >= 0.6 is 0 Å². The highest BCUT2D eigenvalue weighted by Crippen LogP contribution is 2.24. The number of carbonyl (C=O) groups is 2. The Hall–Kier alpha value is -2.80. The van der Waals surface area contributed by atoms with Crippen LogP contribution in [-0.2, 0) is 16.1 Å². The van der Waals surface area contributed by atoms with Gasteiger partial charge in [0.15, 0.2) is 0 Å². The fourth-order valence-electron chi connectivity index (χ4n) is 3.02. The Morgan fingerprint density at radius 3 is 2.54 bits per heavy atom. The van der Waals surface area contributed by atoms with Crippen molar-refractivity contribution in [2.75, 3.05) is 32.2 Å². The molecule has 1 aliphatic heterocycles. The van der Waals surface area contributed by atoms with Crippen molar-refractivity contribution in [3.8, 4) is 5.75 Å². The van der Waals surface area contributed by atoms with Gasteiger partial charge in [0.25, 0.3) is 0 Å². The van der Waals surface area contributed by atoms with Gasteiger partial charge in [0.2, 0.25) is 11.7 Å². The minimum Gasteiger partial charge on any atom is -0.497 e. The summed E-state index contributed by atoms with van der Waals surface area (Å²) in [6.07, 6.45) is 0. The fraction of sp³-hybridized carbons (Fsp3) is 0.368. The smallest absolute Gasteiger partial charge is 0.373 e. The van der Waals surface area contributed by atoms with E-state index < -0.39 is 5.97 Å². The lowest BCUT2D eigenvalue weighted by Gasteiger charge is -2.38. The van der Waals surface area contributed by atoms with E-state index in [1.165, 1.54) is 7.11 Å². The average Bonchev–Trinajstić information content (AvgIpc) is 3.14. The summed E-state index contributed by atoms with van der Waals surface area (Å²) in [6.45, 7) is 3.62. The molecule has 0 aliphatic carbocycles. The molecular formula is C19H22N2O5. The molecule has 1 aromatic heterocycles. The van der Waals surface area contributed by atoms with Crippen LogP contribution in [0.5, 0.6) is 5.75 Å². The third kappa shape index (κ3) is 3.57. The molecule has 0 unspecified atom stereocenters. The molecule has 1 atom stereocenters. The lowest BCUT2D eigenvalue weighted by molar-refractivity contribution is -0.125. The van der Waals surface area contributed by atoms with Crippen molar-refractivity contribution >= 4 is 17.6 Å². The number of amides is 1. The Labute approximate surface area is 152 Å². The zero-order chi connectivity index (χ0) is 18.7. The van der Waals surface area contributed by atoms with Crippen LogP contribution < -0.4 is 9.64 Å². The molecule has 0 spiro atoms. The van der Waals surface area contributed by atoms with E-state index in [2.05, 4.69) is 4.74 Å². The standard InChI is InChI=1S/C19H22N2O5/c1-13-18(22)21(14-4-6-15(24-2)7-5-14)11-10-20(13)12-16-8-9-17(26-16)19(23)25-3/h4-9,13H,10-12H2,1-3H3/t13-/m1/s1. The molecule has 2 heterocycles. The molecule has 138 valence electrons. The summed E-state index contributed by atoms with van der Waals surface area (Å²) < 4.78 is 15.3. The third-order valence-electron chi connectivity index (χ3n) is 4.57. The van der Waals surface area contributed by atoms with Crippen molar-refractivity contribution in [1.82, 2.24) is 4.90 Å². The number of hydrogen-bond donors (Lipinski definition) is 0. The second kappa shape index (κ2) is 7.61. The molecule has 0 radical (unpaired) electrons. The molecule has 7 heteroatoms. The van der Waals surface area contributed by atoms with E-state index in [-0.39, 0.29) is 17.7 Å².